The number of benzene rings is 1. The van der Waals surface area contributed by atoms with Crippen molar-refractivity contribution in [3.8, 4) is 0 Å². The van der Waals surface area contributed by atoms with E-state index in [4.69, 9.17) is 0 Å². The summed E-state index contributed by atoms with van der Waals surface area (Å²) in [6, 6.07) is 8.19. The van der Waals surface area contributed by atoms with Crippen molar-refractivity contribution in [1.29, 1.82) is 0 Å². The molecule has 2 aliphatic heterocycles. The smallest absolute Gasteiger partial charge is 0.230 e. The van der Waals surface area contributed by atoms with Gasteiger partial charge in [0.1, 0.15) is 0 Å². The number of rotatable bonds is 4. The average molecular weight is 314 g/mol. The molecule has 1 fully saturated rings. The van der Waals surface area contributed by atoms with Crippen LogP contribution in [-0.2, 0) is 16.0 Å². The largest absolute Gasteiger partial charge is 0.343 e. The lowest BCUT2D eigenvalue weighted by atomic mass is 9.95. The summed E-state index contributed by atoms with van der Waals surface area (Å²) in [6.45, 7) is 4.36. The number of para-hydroxylation sites is 1. The Bertz CT molecular complexity index is 576. The molecule has 0 aromatic heterocycles. The molecule has 4 nitrogen and oxygen atoms in total. The summed E-state index contributed by atoms with van der Waals surface area (Å²) in [4.78, 5) is 28.8. The van der Waals surface area contributed by atoms with Gasteiger partial charge in [0.15, 0.2) is 0 Å². The van der Waals surface area contributed by atoms with Crippen molar-refractivity contribution in [2.45, 2.75) is 45.4 Å². The van der Waals surface area contributed by atoms with Gasteiger partial charge in [-0.05, 0) is 37.3 Å². The van der Waals surface area contributed by atoms with E-state index in [-0.39, 0.29) is 17.7 Å². The van der Waals surface area contributed by atoms with E-state index < -0.39 is 0 Å². The first-order chi connectivity index (χ1) is 11.2. The standard InChI is InChI=1S/C19H26N2O2/c1-2-3-8-18(22)20-12-9-16(10-13-20)19(23)21-14-11-15-6-4-5-7-17(15)21/h4-7,16H,2-3,8-14H2,1H3. The highest BCUT2D eigenvalue weighted by Crippen LogP contribution is 2.31. The molecule has 0 unspecified atom stereocenters. The number of unbranched alkanes of at least 4 members (excludes halogenated alkanes) is 1. The van der Waals surface area contributed by atoms with Crippen LogP contribution in [0.15, 0.2) is 24.3 Å². The first-order valence-electron chi connectivity index (χ1n) is 8.87. The van der Waals surface area contributed by atoms with Gasteiger partial charge < -0.3 is 9.80 Å². The first-order valence-corrected chi connectivity index (χ1v) is 8.87. The number of nitrogens with zero attached hydrogens (tertiary/aromatic N) is 2. The lowest BCUT2D eigenvalue weighted by Crippen LogP contribution is -2.44. The Kier molecular flexibility index (Phi) is 4.99. The molecule has 124 valence electrons. The molecule has 3 rings (SSSR count). The van der Waals surface area contributed by atoms with Gasteiger partial charge in [0.2, 0.25) is 11.8 Å². The number of anilines is 1. The second kappa shape index (κ2) is 7.16. The number of hydrogen-bond acceptors (Lipinski definition) is 2. The summed E-state index contributed by atoms with van der Waals surface area (Å²) in [5.74, 6) is 0.566. The van der Waals surface area contributed by atoms with Crippen molar-refractivity contribution in [2.24, 2.45) is 5.92 Å². The van der Waals surface area contributed by atoms with Gasteiger partial charge in [-0.1, -0.05) is 31.5 Å². The normalized spacial score (nSPS) is 18.1. The van der Waals surface area contributed by atoms with Gasteiger partial charge in [-0.2, -0.15) is 0 Å². The highest BCUT2D eigenvalue weighted by molar-refractivity contribution is 5.97. The third-order valence-electron chi connectivity index (χ3n) is 5.09. The van der Waals surface area contributed by atoms with E-state index >= 15 is 0 Å². The molecule has 2 aliphatic rings. The number of carbonyl (C=O) groups excluding carboxylic acids is 2. The van der Waals surface area contributed by atoms with E-state index in [2.05, 4.69) is 13.0 Å². The fraction of sp³-hybridized carbons (Fsp3) is 0.579. The topological polar surface area (TPSA) is 40.6 Å². The molecular weight excluding hydrogens is 288 g/mol. The number of carbonyl (C=O) groups is 2. The summed E-state index contributed by atoms with van der Waals surface area (Å²) in [5.41, 5.74) is 2.35. The monoisotopic (exact) mass is 314 g/mol. The van der Waals surface area contributed by atoms with Crippen molar-refractivity contribution in [2.75, 3.05) is 24.5 Å². The fourth-order valence-electron chi connectivity index (χ4n) is 3.65. The molecule has 0 N–H and O–H groups in total. The quantitative estimate of drug-likeness (QED) is 0.857. The van der Waals surface area contributed by atoms with E-state index in [1.165, 1.54) is 5.56 Å². The number of likely N-dealkylation sites (tertiary alicyclic amines) is 1. The van der Waals surface area contributed by atoms with Crippen LogP contribution >= 0.6 is 0 Å². The van der Waals surface area contributed by atoms with Crippen LogP contribution in [0, 0.1) is 5.92 Å². The highest BCUT2D eigenvalue weighted by atomic mass is 16.2. The van der Waals surface area contributed by atoms with E-state index in [1.807, 2.05) is 28.0 Å². The van der Waals surface area contributed by atoms with Crippen LogP contribution in [0.5, 0.6) is 0 Å². The predicted octanol–water partition coefficient (Wildman–Crippen LogP) is 3.00. The van der Waals surface area contributed by atoms with E-state index in [9.17, 15) is 9.59 Å². The maximum absolute atomic E-state index is 12.8. The Morgan fingerprint density at radius 3 is 2.61 bits per heavy atom. The van der Waals surface area contributed by atoms with Crippen LogP contribution in [0.1, 0.15) is 44.6 Å². The summed E-state index contributed by atoms with van der Waals surface area (Å²) >= 11 is 0. The first kappa shape index (κ1) is 16.0. The van der Waals surface area contributed by atoms with Gasteiger partial charge in [-0.15, -0.1) is 0 Å². The molecule has 2 amide bonds. The van der Waals surface area contributed by atoms with E-state index in [0.717, 1.165) is 57.4 Å². The van der Waals surface area contributed by atoms with Crippen molar-refractivity contribution in [1.82, 2.24) is 4.90 Å². The Labute approximate surface area is 138 Å². The molecule has 0 atom stereocenters. The molecule has 4 heteroatoms. The van der Waals surface area contributed by atoms with Gasteiger partial charge in [-0.25, -0.2) is 0 Å². The van der Waals surface area contributed by atoms with E-state index in [1.54, 1.807) is 0 Å². The predicted molar refractivity (Wildman–Crippen MR) is 91.3 cm³/mol. The molecule has 0 radical (unpaired) electrons. The Balaban J connectivity index is 1.56. The van der Waals surface area contributed by atoms with Crippen LogP contribution < -0.4 is 4.90 Å². The lowest BCUT2D eigenvalue weighted by Gasteiger charge is -2.33. The van der Waals surface area contributed by atoms with Crippen LogP contribution in [0.2, 0.25) is 0 Å². The number of hydrogen-bond donors (Lipinski definition) is 0. The lowest BCUT2D eigenvalue weighted by molar-refractivity contribution is -0.135. The van der Waals surface area contributed by atoms with Crippen LogP contribution in [0.25, 0.3) is 0 Å². The van der Waals surface area contributed by atoms with Gasteiger partial charge >= 0.3 is 0 Å². The van der Waals surface area contributed by atoms with Crippen molar-refractivity contribution in [3.63, 3.8) is 0 Å². The molecular formula is C19H26N2O2. The molecule has 0 aliphatic carbocycles. The summed E-state index contributed by atoms with van der Waals surface area (Å²) in [7, 11) is 0. The van der Waals surface area contributed by atoms with Gasteiger partial charge in [0.05, 0.1) is 0 Å². The molecule has 2 heterocycles. The fourth-order valence-corrected chi connectivity index (χ4v) is 3.65. The van der Waals surface area contributed by atoms with E-state index in [0.29, 0.717) is 6.42 Å². The summed E-state index contributed by atoms with van der Waals surface area (Å²) in [5, 5.41) is 0. The zero-order valence-electron chi connectivity index (χ0n) is 14.0. The molecule has 1 aromatic rings. The van der Waals surface area contributed by atoms with Crippen molar-refractivity contribution < 1.29 is 9.59 Å². The SMILES string of the molecule is CCCCC(=O)N1CCC(C(=O)N2CCc3ccccc32)CC1. The molecule has 0 bridgehead atoms. The minimum Gasteiger partial charge on any atom is -0.343 e. The van der Waals surface area contributed by atoms with Gasteiger partial charge in [-0.3, -0.25) is 9.59 Å². The maximum Gasteiger partial charge on any atom is 0.230 e. The molecule has 23 heavy (non-hydrogen) atoms. The Morgan fingerprint density at radius 2 is 1.87 bits per heavy atom. The Morgan fingerprint density at radius 1 is 1.13 bits per heavy atom. The van der Waals surface area contributed by atoms with Crippen molar-refractivity contribution in [3.05, 3.63) is 29.8 Å². The third kappa shape index (κ3) is 3.41. The third-order valence-corrected chi connectivity index (χ3v) is 5.09. The number of fused-ring (bicyclic) bond motifs is 1. The zero-order valence-corrected chi connectivity index (χ0v) is 14.0. The van der Waals surface area contributed by atoms with Crippen LogP contribution in [-0.4, -0.2) is 36.3 Å². The summed E-state index contributed by atoms with van der Waals surface area (Å²) in [6.07, 6.45) is 5.22. The van der Waals surface area contributed by atoms with Crippen LogP contribution in [0.4, 0.5) is 5.69 Å². The second-order valence-corrected chi connectivity index (χ2v) is 6.63. The highest BCUT2D eigenvalue weighted by Gasteiger charge is 2.33. The summed E-state index contributed by atoms with van der Waals surface area (Å²) < 4.78 is 0. The van der Waals surface area contributed by atoms with Gasteiger partial charge in [0.25, 0.3) is 0 Å². The molecule has 1 aromatic carbocycles. The molecule has 0 spiro atoms. The average Bonchev–Trinajstić information content (AvgIpc) is 3.03. The van der Waals surface area contributed by atoms with Crippen molar-refractivity contribution >= 4 is 17.5 Å². The van der Waals surface area contributed by atoms with Gasteiger partial charge in [0, 0.05) is 37.7 Å². The molecule has 0 saturated carbocycles. The number of amides is 2. The second-order valence-electron chi connectivity index (χ2n) is 6.63. The number of piperidine rings is 1. The Hall–Kier alpha value is -1.84. The molecule has 1 saturated heterocycles. The van der Waals surface area contributed by atoms with Crippen LogP contribution in [0.3, 0.4) is 0 Å². The minimum absolute atomic E-state index is 0.0661. The minimum atomic E-state index is 0.0661. The zero-order chi connectivity index (χ0) is 16.2. The maximum atomic E-state index is 12.8.